The molecule has 1 aliphatic rings. The van der Waals surface area contributed by atoms with Crippen LogP contribution in [0.2, 0.25) is 0 Å². The Morgan fingerprint density at radius 1 is 1.00 bits per heavy atom. The first kappa shape index (κ1) is 26.1. The number of rotatable bonds is 8. The molecule has 0 saturated carbocycles. The Hall–Kier alpha value is -4.02. The standard InChI is InChI=1S/C27H28N2O8/c1-16-3-7-18(8-4-16)25(32)35-15-22-21(37-26(33)19-9-5-17(2)6-10-19)13-23(36-22)29-14-20(11-12-30)24(31)28-27(29)34/h3-10,14,21-23,30H,11-13,15H2,1-2H3,(H,28,31,34)/t21-,22+,23+/m0/s1. The van der Waals surface area contributed by atoms with Crippen LogP contribution in [-0.2, 0) is 20.6 Å². The van der Waals surface area contributed by atoms with E-state index in [1.54, 1.807) is 48.5 Å². The lowest BCUT2D eigenvalue weighted by molar-refractivity contribution is -0.0583. The second kappa shape index (κ2) is 11.4. The van der Waals surface area contributed by atoms with Crippen LogP contribution in [0, 0.1) is 13.8 Å². The van der Waals surface area contributed by atoms with Crippen molar-refractivity contribution in [3.05, 3.63) is 103 Å². The molecule has 0 radical (unpaired) electrons. The molecule has 1 fully saturated rings. The van der Waals surface area contributed by atoms with Gasteiger partial charge >= 0.3 is 17.6 Å². The SMILES string of the molecule is Cc1ccc(C(=O)OC[C@H]2O[C@@H](n3cc(CCO)c(=O)[nH]c3=O)C[C@@H]2OC(=O)c2ccc(C)cc2)cc1. The summed E-state index contributed by atoms with van der Waals surface area (Å²) in [7, 11) is 0. The summed E-state index contributed by atoms with van der Waals surface area (Å²) >= 11 is 0. The van der Waals surface area contributed by atoms with Crippen LogP contribution in [0.15, 0.2) is 64.3 Å². The highest BCUT2D eigenvalue weighted by Crippen LogP contribution is 2.31. The average Bonchev–Trinajstić information content (AvgIpc) is 3.27. The number of carbonyl (C=O) groups is 2. The van der Waals surface area contributed by atoms with E-state index in [4.69, 9.17) is 14.2 Å². The third kappa shape index (κ3) is 6.22. The first-order valence-corrected chi connectivity index (χ1v) is 11.9. The minimum Gasteiger partial charge on any atom is -0.459 e. The molecule has 3 atom stereocenters. The van der Waals surface area contributed by atoms with Gasteiger partial charge in [-0.05, 0) is 38.1 Å². The summed E-state index contributed by atoms with van der Waals surface area (Å²) in [4.78, 5) is 52.1. The van der Waals surface area contributed by atoms with Crippen LogP contribution in [0.3, 0.4) is 0 Å². The number of aliphatic hydroxyl groups excluding tert-OH is 1. The fourth-order valence-electron chi connectivity index (χ4n) is 4.01. The second-order valence-electron chi connectivity index (χ2n) is 8.93. The van der Waals surface area contributed by atoms with Gasteiger partial charge in [-0.2, -0.15) is 0 Å². The van der Waals surface area contributed by atoms with Gasteiger partial charge < -0.3 is 19.3 Å². The molecule has 2 heterocycles. The number of hydrogen-bond donors (Lipinski definition) is 2. The normalized spacial score (nSPS) is 18.9. The van der Waals surface area contributed by atoms with E-state index < -0.39 is 41.6 Å². The maximum absolute atomic E-state index is 12.8. The highest BCUT2D eigenvalue weighted by molar-refractivity contribution is 5.90. The van der Waals surface area contributed by atoms with E-state index >= 15 is 0 Å². The predicted octanol–water partition coefficient (Wildman–Crippen LogP) is 2.06. The van der Waals surface area contributed by atoms with Gasteiger partial charge in [-0.1, -0.05) is 35.4 Å². The van der Waals surface area contributed by atoms with Crippen molar-refractivity contribution in [2.24, 2.45) is 0 Å². The summed E-state index contributed by atoms with van der Waals surface area (Å²) in [6.07, 6.45) is -1.17. The van der Waals surface area contributed by atoms with Crippen LogP contribution in [0.4, 0.5) is 0 Å². The van der Waals surface area contributed by atoms with Crippen LogP contribution in [0.5, 0.6) is 0 Å². The Morgan fingerprint density at radius 3 is 2.19 bits per heavy atom. The summed E-state index contributed by atoms with van der Waals surface area (Å²) in [5.41, 5.74) is 1.58. The molecule has 0 bridgehead atoms. The Kier molecular flexibility index (Phi) is 8.00. The number of aliphatic hydroxyl groups is 1. The molecule has 3 aromatic rings. The number of aryl methyl sites for hydroxylation is 2. The third-order valence-corrected chi connectivity index (χ3v) is 6.13. The summed E-state index contributed by atoms with van der Waals surface area (Å²) in [5.74, 6) is -1.15. The lowest BCUT2D eigenvalue weighted by atomic mass is 10.1. The van der Waals surface area contributed by atoms with Crippen LogP contribution in [0.1, 0.15) is 50.1 Å². The summed E-state index contributed by atoms with van der Waals surface area (Å²) in [6.45, 7) is 3.30. The predicted molar refractivity (Wildman–Crippen MR) is 132 cm³/mol. The molecule has 1 aromatic heterocycles. The average molecular weight is 509 g/mol. The van der Waals surface area contributed by atoms with Gasteiger partial charge in [0.15, 0.2) is 0 Å². The first-order valence-electron chi connectivity index (χ1n) is 11.9. The number of carbonyl (C=O) groups excluding carboxylic acids is 2. The number of nitrogens with one attached hydrogen (secondary N) is 1. The van der Waals surface area contributed by atoms with Crippen molar-refractivity contribution in [1.82, 2.24) is 9.55 Å². The van der Waals surface area contributed by atoms with Gasteiger partial charge in [0.05, 0.1) is 11.1 Å². The number of ether oxygens (including phenoxy) is 3. The first-order chi connectivity index (χ1) is 17.7. The summed E-state index contributed by atoms with van der Waals surface area (Å²) in [6, 6.07) is 13.7. The molecule has 0 aliphatic carbocycles. The molecule has 10 nitrogen and oxygen atoms in total. The van der Waals surface area contributed by atoms with Crippen LogP contribution < -0.4 is 11.2 Å². The van der Waals surface area contributed by atoms with Crippen molar-refractivity contribution in [2.45, 2.75) is 45.1 Å². The van der Waals surface area contributed by atoms with E-state index in [0.717, 1.165) is 11.1 Å². The molecule has 1 aliphatic heterocycles. The Bertz CT molecular complexity index is 1380. The second-order valence-corrected chi connectivity index (χ2v) is 8.93. The lowest BCUT2D eigenvalue weighted by Crippen LogP contribution is -2.34. The molecule has 4 rings (SSSR count). The highest BCUT2D eigenvalue weighted by Gasteiger charge is 2.40. The summed E-state index contributed by atoms with van der Waals surface area (Å²) < 4.78 is 18.3. The molecule has 0 amide bonds. The molecule has 10 heteroatoms. The number of aromatic nitrogens is 2. The van der Waals surface area contributed by atoms with E-state index in [2.05, 4.69) is 4.98 Å². The maximum atomic E-state index is 12.8. The fourth-order valence-corrected chi connectivity index (χ4v) is 4.01. The Morgan fingerprint density at radius 2 is 1.59 bits per heavy atom. The van der Waals surface area contributed by atoms with Crippen LogP contribution in [-0.4, -0.2) is 52.0 Å². The van der Waals surface area contributed by atoms with Crippen molar-refractivity contribution < 1.29 is 28.9 Å². The molecule has 2 aromatic carbocycles. The molecule has 2 N–H and O–H groups in total. The smallest absolute Gasteiger partial charge is 0.338 e. The topological polar surface area (TPSA) is 137 Å². The minimum absolute atomic E-state index is 0.0474. The van der Waals surface area contributed by atoms with Crippen LogP contribution in [0.25, 0.3) is 0 Å². The zero-order valence-corrected chi connectivity index (χ0v) is 20.5. The molecule has 37 heavy (non-hydrogen) atoms. The van der Waals surface area contributed by atoms with E-state index in [1.165, 1.54) is 10.8 Å². The van der Waals surface area contributed by atoms with Gasteiger partial charge in [0.1, 0.15) is 25.0 Å². The van der Waals surface area contributed by atoms with Gasteiger partial charge in [-0.25, -0.2) is 14.4 Å². The van der Waals surface area contributed by atoms with E-state index in [9.17, 15) is 24.3 Å². The number of H-pyrrole nitrogens is 1. The third-order valence-electron chi connectivity index (χ3n) is 6.13. The van der Waals surface area contributed by atoms with Gasteiger partial charge in [0.2, 0.25) is 0 Å². The number of hydrogen-bond acceptors (Lipinski definition) is 8. The monoisotopic (exact) mass is 508 g/mol. The molecular formula is C27H28N2O8. The van der Waals surface area contributed by atoms with Crippen molar-refractivity contribution >= 4 is 11.9 Å². The molecule has 0 spiro atoms. The molecule has 0 unspecified atom stereocenters. The fraction of sp³-hybridized carbons (Fsp3) is 0.333. The zero-order chi connectivity index (χ0) is 26.5. The number of esters is 2. The zero-order valence-electron chi connectivity index (χ0n) is 20.5. The van der Waals surface area contributed by atoms with Crippen molar-refractivity contribution in [3.8, 4) is 0 Å². The Balaban J connectivity index is 1.55. The molecule has 1 saturated heterocycles. The maximum Gasteiger partial charge on any atom is 0.338 e. The number of benzene rings is 2. The largest absolute Gasteiger partial charge is 0.459 e. The van der Waals surface area contributed by atoms with E-state index in [0.29, 0.717) is 11.1 Å². The highest BCUT2D eigenvalue weighted by atomic mass is 16.6. The van der Waals surface area contributed by atoms with Crippen molar-refractivity contribution in [1.29, 1.82) is 0 Å². The van der Waals surface area contributed by atoms with Crippen LogP contribution >= 0.6 is 0 Å². The number of aromatic amines is 1. The van der Waals surface area contributed by atoms with E-state index in [-0.39, 0.29) is 31.6 Å². The van der Waals surface area contributed by atoms with Gasteiger partial charge in [0, 0.05) is 31.2 Å². The summed E-state index contributed by atoms with van der Waals surface area (Å²) in [5, 5.41) is 9.23. The van der Waals surface area contributed by atoms with Gasteiger partial charge in [0.25, 0.3) is 5.56 Å². The quantitative estimate of drug-likeness (QED) is 0.441. The van der Waals surface area contributed by atoms with Crippen molar-refractivity contribution in [3.63, 3.8) is 0 Å². The lowest BCUT2D eigenvalue weighted by Gasteiger charge is -2.19. The Labute approximate surface area is 212 Å². The molecule has 194 valence electrons. The van der Waals surface area contributed by atoms with Gasteiger partial charge in [-0.3, -0.25) is 14.3 Å². The minimum atomic E-state index is -0.902. The number of nitrogens with zero attached hydrogens (tertiary/aromatic N) is 1. The van der Waals surface area contributed by atoms with Crippen molar-refractivity contribution in [2.75, 3.05) is 13.2 Å². The molecular weight excluding hydrogens is 480 g/mol. The van der Waals surface area contributed by atoms with Gasteiger partial charge in [-0.15, -0.1) is 0 Å². The van der Waals surface area contributed by atoms with E-state index in [1.807, 2.05) is 13.8 Å².